The normalized spacial score (nSPS) is 48.1. The number of carboxylic acids is 1. The Morgan fingerprint density at radius 2 is 1.10 bits per heavy atom. The van der Waals surface area contributed by atoms with E-state index < -0.39 is 322 Å². The minimum atomic E-state index is -2.39. The average Bonchev–Trinajstić information content (AvgIpc) is 0.788. The molecule has 7 heterocycles. The van der Waals surface area contributed by atoms with Gasteiger partial charge in [0.2, 0.25) is 12.0 Å². The van der Waals surface area contributed by atoms with Gasteiger partial charge < -0.3 is 182 Å². The van der Waals surface area contributed by atoms with E-state index >= 15 is 4.79 Å². The maximum Gasteiger partial charge on any atom is 0.331 e. The molecule has 13 rings (SSSR count). The van der Waals surface area contributed by atoms with E-state index in [-0.39, 0.29) is 62.2 Å². The largest absolute Gasteiger partial charge is 0.493 e. The van der Waals surface area contributed by atoms with Crippen LogP contribution in [0.4, 0.5) is 0 Å². The lowest BCUT2D eigenvalue weighted by Gasteiger charge is -2.72. The number of esters is 3. The topological polar surface area (TPSA) is 619 Å². The Hall–Kier alpha value is -5.22. The summed E-state index contributed by atoms with van der Waals surface area (Å²) >= 11 is 0. The predicted octanol–water partition coefficient (Wildman–Crippen LogP) is -4.44. The van der Waals surface area contributed by atoms with Crippen LogP contribution in [-0.4, -0.2) is 384 Å². The molecule has 0 spiro atoms. The number of rotatable bonds is 26. The van der Waals surface area contributed by atoms with E-state index in [4.69, 9.17) is 85.3 Å². The summed E-state index contributed by atoms with van der Waals surface area (Å²) in [5.74, 6) is -7.11. The van der Waals surface area contributed by atoms with Crippen LogP contribution in [0.1, 0.15) is 119 Å². The third-order valence-electron chi connectivity index (χ3n) is 29.7. The first-order valence-corrected chi connectivity index (χ1v) is 42.2. The van der Waals surface area contributed by atoms with Gasteiger partial charge in [-0.2, -0.15) is 0 Å². The van der Waals surface area contributed by atoms with Gasteiger partial charge in [-0.05, 0) is 136 Å². The number of aliphatic carboxylic acids is 1. The summed E-state index contributed by atoms with van der Waals surface area (Å²) in [6.45, 7) is 7.07. The number of hydrogen-bond acceptors (Lipinski definition) is 40. The maximum absolute atomic E-state index is 16.8. The van der Waals surface area contributed by atoms with E-state index in [0.29, 0.717) is 24.0 Å². The van der Waals surface area contributed by atoms with E-state index in [0.717, 1.165) is 13.0 Å². The van der Waals surface area contributed by atoms with E-state index in [1.165, 1.54) is 60.3 Å². The first-order chi connectivity index (χ1) is 58.4. The number of hydrogen-bond donors (Lipinski definition) is 19. The summed E-state index contributed by atoms with van der Waals surface area (Å²) in [5.41, 5.74) is -10.7. The van der Waals surface area contributed by atoms with Crippen LogP contribution in [-0.2, 0) is 90.2 Å². The van der Waals surface area contributed by atoms with Gasteiger partial charge in [0.25, 0.3) is 0 Å². The van der Waals surface area contributed by atoms with Gasteiger partial charge in [-0.3, -0.25) is 14.4 Å². The summed E-state index contributed by atoms with van der Waals surface area (Å²) in [4.78, 5) is 58.2. The Kier molecular flexibility index (Phi) is 28.6. The Morgan fingerprint density at radius 1 is 0.540 bits per heavy atom. The monoisotopic (exact) mass is 1780 g/mol. The molecular formula is C83H124O41. The molecule has 41 heteroatoms. The minimum absolute atomic E-state index is 0.00262. The summed E-state index contributed by atoms with van der Waals surface area (Å²) in [6, 6.07) is 3.01. The fraction of sp³-hybridized carbons (Fsp3) is 0.831. The number of carbonyl (C=O) groups is 4. The van der Waals surface area contributed by atoms with Crippen molar-refractivity contribution in [2.45, 2.75) is 303 Å². The van der Waals surface area contributed by atoms with Crippen molar-refractivity contribution in [2.75, 3.05) is 74.2 Å². The number of benzene rings is 1. The fourth-order valence-electron chi connectivity index (χ4n) is 22.6. The van der Waals surface area contributed by atoms with Gasteiger partial charge in [0.15, 0.2) is 55.2 Å². The van der Waals surface area contributed by atoms with Crippen molar-refractivity contribution >= 4 is 30.0 Å². The molecule has 702 valence electrons. The van der Waals surface area contributed by atoms with Gasteiger partial charge in [0.1, 0.15) is 122 Å². The second kappa shape index (κ2) is 36.8. The molecule has 1 aromatic carbocycles. The second-order valence-electron chi connectivity index (χ2n) is 37.3. The molecular weight excluding hydrogens is 1650 g/mol. The highest BCUT2D eigenvalue weighted by molar-refractivity contribution is 5.87. The Labute approximate surface area is 714 Å². The molecule has 0 radical (unpaired) electrons. The van der Waals surface area contributed by atoms with Gasteiger partial charge in [-0.1, -0.05) is 39.3 Å². The molecule has 0 unspecified atom stereocenters. The molecule has 1 aromatic rings. The summed E-state index contributed by atoms with van der Waals surface area (Å²) in [7, 11) is 4.11. The van der Waals surface area contributed by atoms with Crippen LogP contribution >= 0.6 is 0 Å². The summed E-state index contributed by atoms with van der Waals surface area (Å²) in [5, 5.41) is 217. The van der Waals surface area contributed by atoms with Crippen molar-refractivity contribution in [1.82, 2.24) is 0 Å². The third kappa shape index (κ3) is 16.9. The number of aliphatic hydroxyl groups is 18. The zero-order valence-electron chi connectivity index (χ0n) is 70.9. The lowest BCUT2D eigenvalue weighted by molar-refractivity contribution is -0.398. The minimum Gasteiger partial charge on any atom is -0.493 e. The third-order valence-corrected chi connectivity index (χ3v) is 29.7. The van der Waals surface area contributed by atoms with Crippen LogP contribution in [0.25, 0.3) is 6.08 Å². The van der Waals surface area contributed by atoms with E-state index in [1.807, 2.05) is 33.8 Å². The van der Waals surface area contributed by atoms with E-state index in [1.54, 1.807) is 0 Å². The molecule has 0 aromatic heterocycles. The van der Waals surface area contributed by atoms with Gasteiger partial charge in [-0.25, -0.2) is 4.79 Å². The van der Waals surface area contributed by atoms with Gasteiger partial charge in [-0.15, -0.1) is 0 Å². The number of carboxylic acid groups (broad SMARTS) is 1. The molecule has 7 aliphatic heterocycles. The standard InChI is InChI=1S/C83H124O41/c1-34-58(119-68-56(98)60(41(90)27-111-68)120-72-66(100)82(105,30-86)32-112-72)63(121-73-67(101)83(106,31-87)33-113-73)57(99)70(114-34)123-65-64(122-69-55(97)53(95)51(93)45(117-69)28-110-36(3)88)59(118-48(91)15-12-37-22-42(107-9)61(109-11)43(23-37)108-10)35(2)115-71(65)124-75(104)80-19-18-76(4,5)24-39(80)38-13-14-46-77(6)25-40(89)49(62-54(96)52(94)50(92)44(26-84)116-62)79(8,74(102)103)47(77)16-17-78(46,7)81(38,29-85)21-20-80/h12-13,15,22-23,34-35,39-41,44-47,49-60,62-73,84-87,89-90,92-101,105-106H,14,16-21,24-33H2,1-11H3,(H,102,103)/b15-12+/t34-,35+,39-,40-,41+,44+,45+,46+,47+,49+,50+,51+,52-,53-,54+,55+,56+,57+,58-,59-,60-,62-,63-,64-,65+,66-,67-,68-,69-,70-,71-,72-,73-,77+,78+,79-,80-,81-,82+,83+/m0/s1. The molecule has 7 saturated heterocycles. The second-order valence-corrected chi connectivity index (χ2v) is 37.3. The molecule has 41 nitrogen and oxygen atoms in total. The number of fused-ring (bicyclic) bond motifs is 7. The first kappa shape index (κ1) is 96.3. The van der Waals surface area contributed by atoms with Crippen LogP contribution in [0, 0.1) is 56.2 Å². The molecule has 19 N–H and O–H groups in total. The highest BCUT2D eigenvalue weighted by Crippen LogP contribution is 2.77. The van der Waals surface area contributed by atoms with E-state index in [2.05, 4.69) is 0 Å². The molecule has 124 heavy (non-hydrogen) atoms. The van der Waals surface area contributed by atoms with Crippen molar-refractivity contribution in [2.24, 2.45) is 56.2 Å². The quantitative estimate of drug-likeness (QED) is 0.0180. The van der Waals surface area contributed by atoms with Crippen LogP contribution in [0.15, 0.2) is 29.9 Å². The number of allylic oxidation sites excluding steroid dienone is 1. The van der Waals surface area contributed by atoms with Crippen LogP contribution in [0.3, 0.4) is 0 Å². The van der Waals surface area contributed by atoms with Gasteiger partial charge in [0.05, 0.1) is 103 Å². The van der Waals surface area contributed by atoms with Crippen LogP contribution in [0.5, 0.6) is 17.2 Å². The highest BCUT2D eigenvalue weighted by atomic mass is 16.8. The molecule has 5 aliphatic carbocycles. The van der Waals surface area contributed by atoms with Crippen molar-refractivity contribution in [3.05, 3.63) is 35.4 Å². The van der Waals surface area contributed by atoms with Gasteiger partial charge >= 0.3 is 23.9 Å². The molecule has 40 atom stereocenters. The number of aliphatic hydroxyl groups excluding tert-OH is 16. The van der Waals surface area contributed by atoms with Crippen molar-refractivity contribution < 1.29 is 201 Å². The lowest BCUT2D eigenvalue weighted by atomic mass is 9.32. The summed E-state index contributed by atoms with van der Waals surface area (Å²) in [6.07, 6.45) is -49.6. The zero-order valence-corrected chi connectivity index (χ0v) is 70.9. The van der Waals surface area contributed by atoms with E-state index in [9.17, 15) is 111 Å². The first-order valence-electron chi connectivity index (χ1n) is 42.2. The Balaban J connectivity index is 0.891. The van der Waals surface area contributed by atoms with Gasteiger partial charge in [0, 0.05) is 24.3 Å². The lowest BCUT2D eigenvalue weighted by Crippen LogP contribution is -2.72. The smallest absolute Gasteiger partial charge is 0.331 e. The summed E-state index contributed by atoms with van der Waals surface area (Å²) < 4.78 is 110. The van der Waals surface area contributed by atoms with Crippen molar-refractivity contribution in [3.8, 4) is 17.2 Å². The molecule has 0 bridgehead atoms. The Morgan fingerprint density at radius 3 is 1.69 bits per heavy atom. The van der Waals surface area contributed by atoms with Crippen LogP contribution < -0.4 is 14.2 Å². The highest BCUT2D eigenvalue weighted by Gasteiger charge is 2.75. The molecule has 0 amide bonds. The SMILES string of the molecule is COc1cc(/C=C/C(=O)O[C@@H]2[C@H](O[C@@H]3O[C@H](COC(C)=O)[C@@H](O)[C@H](O)[C@H]3O)[C@@H](O[C@@H]3O[C@@H](C)[C@H](O[C@@H]4OC[C@@H](O)[C@H](O[C@@H]5OC[C@](O)(CO)[C@H]5O)[C@H]4O)[C@@H](O[C@@H]4OC[C@](O)(CO)[C@H]4O)[C@H]3O)[C@H](OC(=O)[C@]34CCC(C)(C)C[C@H]3C3=CC[C@@H]5[C@@]6(C)C[C@H](O)[C@H]([C@@H]7O[C@H](CO)[C@@H](O)[C@H](O)[C@H]7O)[C@@](C)(C(=O)O)[C@@H]6CC[C@@]5(C)[C@]3(CO)CC4)O[C@@H]2C)cc(OC)c1OC. The number of ether oxygens (including phenoxy) is 18. The molecule has 11 fully saturated rings. The zero-order chi connectivity index (χ0) is 90.5. The van der Waals surface area contributed by atoms with Crippen LogP contribution in [0.2, 0.25) is 0 Å². The predicted molar refractivity (Wildman–Crippen MR) is 412 cm³/mol. The van der Waals surface area contributed by atoms with Crippen molar-refractivity contribution in [1.29, 1.82) is 0 Å². The Bertz CT molecular complexity index is 3960. The molecule has 12 aliphatic rings. The maximum atomic E-state index is 16.8. The molecule has 4 saturated carbocycles. The number of methoxy groups -OCH3 is 3. The number of carbonyl (C=O) groups excluding carboxylic acids is 3. The van der Waals surface area contributed by atoms with Crippen molar-refractivity contribution in [3.63, 3.8) is 0 Å². The average molecular weight is 1780 g/mol. The fourth-order valence-corrected chi connectivity index (χ4v) is 22.6.